The van der Waals surface area contributed by atoms with Gasteiger partial charge in [0.1, 0.15) is 5.02 Å². The van der Waals surface area contributed by atoms with Crippen molar-refractivity contribution in [2.75, 3.05) is 5.73 Å². The monoisotopic (exact) mass is 227 g/mol. The van der Waals surface area contributed by atoms with Crippen molar-refractivity contribution in [1.82, 2.24) is 4.57 Å². The molecule has 2 heterocycles. The van der Waals surface area contributed by atoms with E-state index in [1.165, 1.54) is 4.57 Å². The zero-order valence-corrected chi connectivity index (χ0v) is 8.67. The van der Waals surface area contributed by atoms with Gasteiger partial charge in [-0.2, -0.15) is 0 Å². The quantitative estimate of drug-likeness (QED) is 0.714. The highest BCUT2D eigenvalue weighted by atomic mass is 35.5. The van der Waals surface area contributed by atoms with Crippen LogP contribution in [0.1, 0.15) is 22.5 Å². The number of carbonyl (C=O) groups is 1. The summed E-state index contributed by atoms with van der Waals surface area (Å²) < 4.78 is 1.47. The van der Waals surface area contributed by atoms with Crippen LogP contribution in [-0.2, 0) is 13.0 Å². The molecule has 1 aromatic rings. The summed E-state index contributed by atoms with van der Waals surface area (Å²) >= 11 is 5.74. The van der Waals surface area contributed by atoms with E-state index in [0.717, 1.165) is 6.42 Å². The van der Waals surface area contributed by atoms with Gasteiger partial charge in [0.05, 0.1) is 11.3 Å². The van der Waals surface area contributed by atoms with Gasteiger partial charge in [-0.25, -0.2) is 0 Å². The maximum absolute atomic E-state index is 11.7. The second kappa shape index (κ2) is 3.27. The van der Waals surface area contributed by atoms with Crippen molar-refractivity contribution in [1.29, 1.82) is 0 Å². The Kier molecular flexibility index (Phi) is 2.19. The largest absolute Gasteiger partial charge is 0.397 e. The molecule has 0 saturated heterocycles. The molecule has 0 saturated carbocycles. The number of hydrogen-bond donors (Lipinski definition) is 2. The van der Waals surface area contributed by atoms with Gasteiger partial charge in [-0.05, 0) is 12.8 Å². The Morgan fingerprint density at radius 3 is 2.73 bits per heavy atom. The van der Waals surface area contributed by atoms with Crippen molar-refractivity contribution in [3.05, 3.63) is 26.6 Å². The highest BCUT2D eigenvalue weighted by molar-refractivity contribution is 6.33. The Labute approximate surface area is 90.6 Å². The predicted octanol–water partition coefficient (Wildman–Crippen LogP) is 0.129. The van der Waals surface area contributed by atoms with Crippen molar-refractivity contribution in [3.8, 4) is 0 Å². The molecular formula is C9H10ClN3O2. The maximum atomic E-state index is 11.7. The molecule has 0 radical (unpaired) electrons. The third-order valence-corrected chi connectivity index (χ3v) is 2.96. The fraction of sp³-hybridized carbons (Fsp3) is 0.333. The highest BCUT2D eigenvalue weighted by Gasteiger charge is 2.24. The minimum absolute atomic E-state index is 0.00215. The fourth-order valence-electron chi connectivity index (χ4n) is 1.93. The summed E-state index contributed by atoms with van der Waals surface area (Å²) in [6.45, 7) is 0.564. The van der Waals surface area contributed by atoms with Crippen LogP contribution in [-0.4, -0.2) is 10.5 Å². The van der Waals surface area contributed by atoms with Gasteiger partial charge in [0.2, 0.25) is 0 Å². The number of nitrogen functional groups attached to an aromatic ring is 1. The predicted molar refractivity (Wildman–Crippen MR) is 57.0 cm³/mol. The number of anilines is 1. The molecular weight excluding hydrogens is 218 g/mol. The Morgan fingerprint density at radius 1 is 1.47 bits per heavy atom. The first-order valence-electron chi connectivity index (χ1n) is 4.54. The number of aromatic nitrogens is 1. The average molecular weight is 228 g/mol. The molecule has 0 atom stereocenters. The van der Waals surface area contributed by atoms with E-state index in [0.29, 0.717) is 18.7 Å². The number of rotatable bonds is 1. The second-order valence-electron chi connectivity index (χ2n) is 3.47. The molecule has 1 aromatic heterocycles. The fourth-order valence-corrected chi connectivity index (χ4v) is 2.13. The SMILES string of the molecule is NC(=O)c1c(N)c(Cl)c(=O)n2c1CCC2. The number of primary amides is 1. The van der Waals surface area contributed by atoms with E-state index in [-0.39, 0.29) is 21.8 Å². The number of fused-ring (bicyclic) bond motifs is 1. The molecule has 5 nitrogen and oxygen atoms in total. The van der Waals surface area contributed by atoms with E-state index in [1.54, 1.807) is 0 Å². The van der Waals surface area contributed by atoms with Crippen LogP contribution in [0.5, 0.6) is 0 Å². The molecule has 4 N–H and O–H groups in total. The third kappa shape index (κ3) is 1.31. The number of pyridine rings is 1. The molecule has 1 amide bonds. The van der Waals surface area contributed by atoms with E-state index in [4.69, 9.17) is 23.1 Å². The summed E-state index contributed by atoms with van der Waals surface area (Å²) in [6.07, 6.45) is 1.43. The van der Waals surface area contributed by atoms with Gasteiger partial charge in [-0.15, -0.1) is 0 Å². The molecule has 2 rings (SSSR count). The summed E-state index contributed by atoms with van der Waals surface area (Å²) in [5.41, 5.74) is 11.3. The van der Waals surface area contributed by atoms with Crippen molar-refractivity contribution in [3.63, 3.8) is 0 Å². The smallest absolute Gasteiger partial charge is 0.271 e. The van der Waals surface area contributed by atoms with Crippen molar-refractivity contribution in [2.45, 2.75) is 19.4 Å². The lowest BCUT2D eigenvalue weighted by molar-refractivity contribution is 0.0999. The van der Waals surface area contributed by atoms with Crippen LogP contribution in [0.4, 0.5) is 5.69 Å². The third-order valence-electron chi connectivity index (χ3n) is 2.59. The second-order valence-corrected chi connectivity index (χ2v) is 3.85. The number of halogens is 1. The van der Waals surface area contributed by atoms with Gasteiger partial charge in [0, 0.05) is 12.2 Å². The minimum Gasteiger partial charge on any atom is -0.397 e. The van der Waals surface area contributed by atoms with Gasteiger partial charge in [0.15, 0.2) is 0 Å². The lowest BCUT2D eigenvalue weighted by Gasteiger charge is -2.11. The van der Waals surface area contributed by atoms with Gasteiger partial charge in [-0.1, -0.05) is 11.6 Å². The number of hydrogen-bond acceptors (Lipinski definition) is 3. The lowest BCUT2D eigenvalue weighted by Crippen LogP contribution is -2.27. The molecule has 0 aliphatic carbocycles. The molecule has 1 aliphatic heterocycles. The molecule has 15 heavy (non-hydrogen) atoms. The van der Waals surface area contributed by atoms with E-state index in [2.05, 4.69) is 0 Å². The number of nitrogens with zero attached hydrogens (tertiary/aromatic N) is 1. The normalized spacial score (nSPS) is 13.9. The van der Waals surface area contributed by atoms with Crippen molar-refractivity contribution >= 4 is 23.2 Å². The van der Waals surface area contributed by atoms with Gasteiger partial charge in [-0.3, -0.25) is 9.59 Å². The molecule has 0 bridgehead atoms. The summed E-state index contributed by atoms with van der Waals surface area (Å²) in [4.78, 5) is 22.9. The van der Waals surface area contributed by atoms with Crippen LogP contribution >= 0.6 is 11.6 Å². The van der Waals surface area contributed by atoms with Gasteiger partial charge in [0.25, 0.3) is 11.5 Å². The minimum atomic E-state index is -0.639. The van der Waals surface area contributed by atoms with E-state index in [9.17, 15) is 9.59 Å². The Bertz CT molecular complexity index is 507. The molecule has 1 aliphatic rings. The van der Waals surface area contributed by atoms with Crippen LogP contribution < -0.4 is 17.0 Å². The zero-order chi connectivity index (χ0) is 11.2. The molecule has 0 spiro atoms. The van der Waals surface area contributed by atoms with Crippen LogP contribution in [0.15, 0.2) is 4.79 Å². The van der Waals surface area contributed by atoms with Crippen molar-refractivity contribution in [2.24, 2.45) is 5.73 Å². The number of nitrogens with two attached hydrogens (primary N) is 2. The van der Waals surface area contributed by atoms with Crippen LogP contribution in [0, 0.1) is 0 Å². The van der Waals surface area contributed by atoms with Crippen LogP contribution in [0.3, 0.4) is 0 Å². The lowest BCUT2D eigenvalue weighted by atomic mass is 10.1. The summed E-state index contributed by atoms with van der Waals surface area (Å²) in [5.74, 6) is -0.639. The van der Waals surface area contributed by atoms with Crippen LogP contribution in [0.25, 0.3) is 0 Å². The molecule has 0 unspecified atom stereocenters. The molecule has 0 aromatic carbocycles. The topological polar surface area (TPSA) is 91.1 Å². The summed E-state index contributed by atoms with van der Waals surface area (Å²) in [5, 5.41) is -0.116. The van der Waals surface area contributed by atoms with Crippen LogP contribution in [0.2, 0.25) is 5.02 Å². The Balaban J connectivity index is 2.87. The van der Waals surface area contributed by atoms with Gasteiger partial charge >= 0.3 is 0 Å². The van der Waals surface area contributed by atoms with Crippen molar-refractivity contribution < 1.29 is 4.79 Å². The van der Waals surface area contributed by atoms with E-state index >= 15 is 0 Å². The summed E-state index contributed by atoms with van der Waals surface area (Å²) in [6, 6.07) is 0. The van der Waals surface area contributed by atoms with E-state index < -0.39 is 5.91 Å². The van der Waals surface area contributed by atoms with E-state index in [1.807, 2.05) is 0 Å². The molecule has 6 heteroatoms. The average Bonchev–Trinajstić information content (AvgIpc) is 2.62. The zero-order valence-electron chi connectivity index (χ0n) is 7.92. The number of amides is 1. The number of carbonyl (C=O) groups excluding carboxylic acids is 1. The summed E-state index contributed by atoms with van der Waals surface area (Å²) in [7, 11) is 0. The molecule has 80 valence electrons. The molecule has 0 fully saturated rings. The Hall–Kier alpha value is -1.49. The Morgan fingerprint density at radius 2 is 2.13 bits per heavy atom. The first-order chi connectivity index (χ1) is 7.04. The highest BCUT2D eigenvalue weighted by Crippen LogP contribution is 2.26. The maximum Gasteiger partial charge on any atom is 0.271 e. The standard InChI is InChI=1S/C9H10ClN3O2/c10-6-7(11)5(8(12)14)4-2-1-3-13(4)9(6)15/h1-3,11H2,(H2,12,14). The first kappa shape index (κ1) is 10.0. The van der Waals surface area contributed by atoms with Gasteiger partial charge < -0.3 is 16.0 Å². The first-order valence-corrected chi connectivity index (χ1v) is 4.92.